The van der Waals surface area contributed by atoms with Crippen molar-refractivity contribution < 1.29 is 14.7 Å². The molecule has 1 saturated heterocycles. The number of hydrogen-bond donors (Lipinski definition) is 2. The highest BCUT2D eigenvalue weighted by Gasteiger charge is 2.20. The van der Waals surface area contributed by atoms with Gasteiger partial charge in [0.1, 0.15) is 0 Å². The number of Topliss-reactive ketones (excluding diaryl/α,β-unsaturated/α-hetero) is 1. The molecule has 0 bridgehead atoms. The summed E-state index contributed by atoms with van der Waals surface area (Å²) >= 11 is 0. The molecule has 0 unspecified atom stereocenters. The Hall–Kier alpha value is -1.92. The summed E-state index contributed by atoms with van der Waals surface area (Å²) in [5.41, 5.74) is 1.80. The first kappa shape index (κ1) is 17.4. The van der Waals surface area contributed by atoms with Crippen LogP contribution in [0.1, 0.15) is 22.3 Å². The Morgan fingerprint density at radius 1 is 1.13 bits per heavy atom. The number of β-amino-alcohol motifs (C(OH)–C–C–N with tert-alkyl or cyclic N) is 1. The molecule has 0 atom stereocenters. The van der Waals surface area contributed by atoms with E-state index in [1.54, 1.807) is 4.90 Å². The number of carbonyl (C=O) groups is 2. The third-order valence-corrected chi connectivity index (χ3v) is 4.08. The van der Waals surface area contributed by atoms with Crippen LogP contribution in [0.3, 0.4) is 0 Å². The van der Waals surface area contributed by atoms with Crippen molar-refractivity contribution in [3.63, 3.8) is 0 Å². The minimum atomic E-state index is -0.120. The lowest BCUT2D eigenvalue weighted by Crippen LogP contribution is -2.52. The van der Waals surface area contributed by atoms with E-state index in [0.717, 1.165) is 18.7 Å². The zero-order chi connectivity index (χ0) is 16.7. The highest BCUT2D eigenvalue weighted by atomic mass is 16.3. The molecule has 0 aromatic heterocycles. The fourth-order valence-electron chi connectivity index (χ4n) is 2.59. The first-order valence-electron chi connectivity index (χ1n) is 8.06. The molecule has 1 heterocycles. The second-order valence-electron chi connectivity index (χ2n) is 5.82. The number of rotatable bonds is 6. The molecule has 126 valence electrons. The second kappa shape index (κ2) is 8.64. The number of aryl methyl sites for hydroxylation is 1. The lowest BCUT2D eigenvalue weighted by Gasteiger charge is -2.34. The van der Waals surface area contributed by atoms with E-state index in [9.17, 15) is 9.59 Å². The number of nitrogens with one attached hydrogen (secondary N) is 1. The lowest BCUT2D eigenvalue weighted by atomic mass is 10.1. The van der Waals surface area contributed by atoms with Crippen LogP contribution in [0.4, 0.5) is 4.79 Å². The first-order chi connectivity index (χ1) is 11.1. The summed E-state index contributed by atoms with van der Waals surface area (Å²) in [5.74, 6) is 0.0399. The highest BCUT2D eigenvalue weighted by molar-refractivity contribution is 5.96. The Morgan fingerprint density at radius 2 is 1.78 bits per heavy atom. The quantitative estimate of drug-likeness (QED) is 0.764. The predicted octanol–water partition coefficient (Wildman–Crippen LogP) is 0.887. The van der Waals surface area contributed by atoms with E-state index in [1.165, 1.54) is 0 Å². The molecule has 1 aromatic carbocycles. The zero-order valence-electron chi connectivity index (χ0n) is 13.6. The standard InChI is InChI=1S/C17H25N3O3/c1-14-2-4-15(5-3-14)16(22)6-7-18-17(23)20-10-8-19(9-11-20)12-13-21/h2-5,21H,6-13H2,1H3,(H,18,23). The number of aliphatic hydroxyl groups excluding tert-OH is 1. The SMILES string of the molecule is Cc1ccc(C(=O)CCNC(=O)N2CCN(CCO)CC2)cc1. The van der Waals surface area contributed by atoms with Gasteiger partial charge in [0, 0.05) is 51.3 Å². The number of piperazine rings is 1. The smallest absolute Gasteiger partial charge is 0.317 e. The minimum absolute atomic E-state index is 0.0399. The fraction of sp³-hybridized carbons (Fsp3) is 0.529. The monoisotopic (exact) mass is 319 g/mol. The molecule has 0 radical (unpaired) electrons. The van der Waals surface area contributed by atoms with Gasteiger partial charge < -0.3 is 15.3 Å². The Kier molecular flexibility index (Phi) is 6.55. The summed E-state index contributed by atoms with van der Waals surface area (Å²) in [6, 6.07) is 7.35. The summed E-state index contributed by atoms with van der Waals surface area (Å²) in [6.07, 6.45) is 0.305. The maximum Gasteiger partial charge on any atom is 0.317 e. The van der Waals surface area contributed by atoms with Crippen LogP contribution >= 0.6 is 0 Å². The van der Waals surface area contributed by atoms with Gasteiger partial charge in [0.25, 0.3) is 0 Å². The largest absolute Gasteiger partial charge is 0.395 e. The molecule has 1 aliphatic heterocycles. The van der Waals surface area contributed by atoms with Crippen LogP contribution in [-0.4, -0.2) is 72.6 Å². The van der Waals surface area contributed by atoms with Gasteiger partial charge in [-0.05, 0) is 6.92 Å². The molecular formula is C17H25N3O3. The van der Waals surface area contributed by atoms with Gasteiger partial charge in [-0.25, -0.2) is 4.79 Å². The molecule has 1 aromatic rings. The van der Waals surface area contributed by atoms with Crippen molar-refractivity contribution in [1.82, 2.24) is 15.1 Å². The predicted molar refractivity (Wildman–Crippen MR) is 88.6 cm³/mol. The number of amides is 2. The van der Waals surface area contributed by atoms with Gasteiger partial charge in [-0.15, -0.1) is 0 Å². The Bertz CT molecular complexity index is 522. The lowest BCUT2D eigenvalue weighted by molar-refractivity contribution is 0.0981. The maximum absolute atomic E-state index is 12.1. The van der Waals surface area contributed by atoms with Crippen LogP contribution in [-0.2, 0) is 0 Å². The van der Waals surface area contributed by atoms with Gasteiger partial charge in [0.15, 0.2) is 5.78 Å². The molecular weight excluding hydrogens is 294 g/mol. The van der Waals surface area contributed by atoms with Crippen LogP contribution in [0.25, 0.3) is 0 Å². The van der Waals surface area contributed by atoms with E-state index in [4.69, 9.17) is 5.11 Å². The van der Waals surface area contributed by atoms with Gasteiger partial charge in [0.2, 0.25) is 0 Å². The third kappa shape index (κ3) is 5.33. The van der Waals surface area contributed by atoms with Crippen molar-refractivity contribution in [3.8, 4) is 0 Å². The van der Waals surface area contributed by atoms with E-state index in [2.05, 4.69) is 10.2 Å². The Labute approximate surface area is 137 Å². The highest BCUT2D eigenvalue weighted by Crippen LogP contribution is 2.06. The van der Waals surface area contributed by atoms with Gasteiger partial charge in [0.05, 0.1) is 6.61 Å². The van der Waals surface area contributed by atoms with Gasteiger partial charge in [-0.2, -0.15) is 0 Å². The number of urea groups is 1. The minimum Gasteiger partial charge on any atom is -0.395 e. The van der Waals surface area contributed by atoms with Gasteiger partial charge in [-0.3, -0.25) is 9.69 Å². The number of carbonyl (C=O) groups excluding carboxylic acids is 2. The summed E-state index contributed by atoms with van der Waals surface area (Å²) in [7, 11) is 0. The van der Waals surface area contributed by atoms with Gasteiger partial charge >= 0.3 is 6.03 Å². The first-order valence-corrected chi connectivity index (χ1v) is 8.06. The normalized spacial score (nSPS) is 15.5. The molecule has 2 rings (SSSR count). The molecule has 2 N–H and O–H groups in total. The average Bonchev–Trinajstić information content (AvgIpc) is 2.56. The molecule has 23 heavy (non-hydrogen) atoms. The van der Waals surface area contributed by atoms with E-state index in [-0.39, 0.29) is 18.4 Å². The molecule has 2 amide bonds. The summed E-state index contributed by atoms with van der Waals surface area (Å²) in [4.78, 5) is 28.0. The van der Waals surface area contributed by atoms with Crippen molar-refractivity contribution >= 4 is 11.8 Å². The molecule has 0 saturated carbocycles. The van der Waals surface area contributed by atoms with Crippen LogP contribution in [0, 0.1) is 6.92 Å². The summed E-state index contributed by atoms with van der Waals surface area (Å²) in [6.45, 7) is 5.98. The van der Waals surface area contributed by atoms with Crippen molar-refractivity contribution in [1.29, 1.82) is 0 Å². The molecule has 0 spiro atoms. The third-order valence-electron chi connectivity index (χ3n) is 4.08. The van der Waals surface area contributed by atoms with Crippen LogP contribution in [0.2, 0.25) is 0 Å². The fourth-order valence-corrected chi connectivity index (χ4v) is 2.59. The van der Waals surface area contributed by atoms with Crippen LogP contribution < -0.4 is 5.32 Å². The molecule has 6 nitrogen and oxygen atoms in total. The topological polar surface area (TPSA) is 72.9 Å². The van der Waals surface area contributed by atoms with Crippen molar-refractivity contribution in [2.24, 2.45) is 0 Å². The van der Waals surface area contributed by atoms with Gasteiger partial charge in [-0.1, -0.05) is 29.8 Å². The van der Waals surface area contributed by atoms with E-state index in [0.29, 0.717) is 38.2 Å². The van der Waals surface area contributed by atoms with E-state index in [1.807, 2.05) is 31.2 Å². The summed E-state index contributed by atoms with van der Waals surface area (Å²) in [5, 5.41) is 11.7. The molecule has 0 aliphatic carbocycles. The molecule has 1 aliphatic rings. The number of hydrogen-bond acceptors (Lipinski definition) is 4. The second-order valence-corrected chi connectivity index (χ2v) is 5.82. The van der Waals surface area contributed by atoms with Crippen LogP contribution in [0.5, 0.6) is 0 Å². The van der Waals surface area contributed by atoms with Crippen molar-refractivity contribution in [3.05, 3.63) is 35.4 Å². The number of nitrogens with zero attached hydrogens (tertiary/aromatic N) is 2. The molecule has 1 fully saturated rings. The van der Waals surface area contributed by atoms with Crippen molar-refractivity contribution in [2.45, 2.75) is 13.3 Å². The number of aliphatic hydroxyl groups is 1. The van der Waals surface area contributed by atoms with E-state index < -0.39 is 0 Å². The van der Waals surface area contributed by atoms with Crippen LogP contribution in [0.15, 0.2) is 24.3 Å². The maximum atomic E-state index is 12.1. The van der Waals surface area contributed by atoms with Crippen molar-refractivity contribution in [2.75, 3.05) is 45.9 Å². The van der Waals surface area contributed by atoms with E-state index >= 15 is 0 Å². The Morgan fingerprint density at radius 3 is 2.39 bits per heavy atom. The summed E-state index contributed by atoms with van der Waals surface area (Å²) < 4.78 is 0. The number of ketones is 1. The molecule has 6 heteroatoms. The number of benzene rings is 1. The zero-order valence-corrected chi connectivity index (χ0v) is 13.6. The average molecular weight is 319 g/mol. The Balaban J connectivity index is 1.69.